The van der Waals surface area contributed by atoms with Crippen LogP contribution in [-0.4, -0.2) is 30.8 Å². The first-order chi connectivity index (χ1) is 16.0. The molecule has 5 heteroatoms. The van der Waals surface area contributed by atoms with Gasteiger partial charge in [0.2, 0.25) is 0 Å². The Morgan fingerprint density at radius 3 is 2.15 bits per heavy atom. The van der Waals surface area contributed by atoms with Crippen LogP contribution < -0.4 is 4.74 Å². The molecule has 0 radical (unpaired) electrons. The minimum absolute atomic E-state index is 0.0680. The van der Waals surface area contributed by atoms with Crippen LogP contribution in [0.3, 0.4) is 0 Å². The summed E-state index contributed by atoms with van der Waals surface area (Å²) in [6, 6.07) is 12.3. The summed E-state index contributed by atoms with van der Waals surface area (Å²) in [6.45, 7) is 0.193. The van der Waals surface area contributed by atoms with Crippen molar-refractivity contribution in [1.82, 2.24) is 0 Å². The van der Waals surface area contributed by atoms with Gasteiger partial charge in [0.05, 0.1) is 5.56 Å². The lowest BCUT2D eigenvalue weighted by atomic mass is 9.48. The minimum atomic E-state index is -0.963. The second-order valence-corrected chi connectivity index (χ2v) is 10.1. The summed E-state index contributed by atoms with van der Waals surface area (Å²) in [6.07, 6.45) is 10.9. The van der Waals surface area contributed by atoms with Gasteiger partial charge in [-0.2, -0.15) is 0 Å². The van der Waals surface area contributed by atoms with E-state index in [0.717, 1.165) is 29.1 Å². The van der Waals surface area contributed by atoms with Crippen LogP contribution in [0.1, 0.15) is 70.4 Å². The van der Waals surface area contributed by atoms with Crippen LogP contribution in [0.25, 0.3) is 6.08 Å². The van der Waals surface area contributed by atoms with Crippen LogP contribution in [0.2, 0.25) is 0 Å². The van der Waals surface area contributed by atoms with Crippen molar-refractivity contribution in [1.29, 1.82) is 0 Å². The second-order valence-electron chi connectivity index (χ2n) is 10.1. The average Bonchev–Trinajstić information content (AvgIpc) is 2.80. The molecule has 0 aliphatic heterocycles. The van der Waals surface area contributed by atoms with E-state index in [2.05, 4.69) is 6.07 Å². The molecule has 5 nitrogen and oxygen atoms in total. The fourth-order valence-corrected chi connectivity index (χ4v) is 6.79. The SMILES string of the molecule is COCOc1ccc(C(=O)/C=C/c2ccc(C(=O)O)cc2)cc1C12CC3CC(CC(C3)C1)C2. The van der Waals surface area contributed by atoms with E-state index >= 15 is 0 Å². The van der Waals surface area contributed by atoms with E-state index in [1.165, 1.54) is 44.1 Å². The standard InChI is InChI=1S/C28H30O5/c1-32-17-33-26-9-7-23(25(29)8-4-18-2-5-22(6-3-18)27(30)31)13-24(26)28-14-19-10-20(15-28)12-21(11-19)16-28/h2-9,13,19-21H,10-12,14-17H2,1H3,(H,30,31)/b8-4+. The largest absolute Gasteiger partial charge is 0.478 e. The summed E-state index contributed by atoms with van der Waals surface area (Å²) < 4.78 is 11.1. The van der Waals surface area contributed by atoms with Crippen molar-refractivity contribution in [2.24, 2.45) is 17.8 Å². The number of methoxy groups -OCH3 is 1. The monoisotopic (exact) mass is 446 g/mol. The number of allylic oxidation sites excluding steroid dienone is 1. The molecule has 4 bridgehead atoms. The van der Waals surface area contributed by atoms with Crippen LogP contribution in [0.15, 0.2) is 48.5 Å². The molecule has 0 saturated heterocycles. The van der Waals surface area contributed by atoms with Gasteiger partial charge in [-0.05, 0) is 104 Å². The molecule has 1 N–H and O–H groups in total. The van der Waals surface area contributed by atoms with Crippen molar-refractivity contribution in [3.05, 3.63) is 70.8 Å². The van der Waals surface area contributed by atoms with E-state index in [-0.39, 0.29) is 23.6 Å². The molecule has 172 valence electrons. The second kappa shape index (κ2) is 8.79. The molecule has 4 saturated carbocycles. The van der Waals surface area contributed by atoms with Gasteiger partial charge >= 0.3 is 5.97 Å². The molecule has 33 heavy (non-hydrogen) atoms. The van der Waals surface area contributed by atoms with Gasteiger partial charge in [0.15, 0.2) is 12.6 Å². The number of rotatable bonds is 8. The van der Waals surface area contributed by atoms with Crippen LogP contribution in [-0.2, 0) is 10.2 Å². The van der Waals surface area contributed by atoms with Gasteiger partial charge < -0.3 is 14.6 Å². The van der Waals surface area contributed by atoms with Crippen molar-refractivity contribution in [3.63, 3.8) is 0 Å². The number of carboxylic acids is 1. The first kappa shape index (κ1) is 21.9. The van der Waals surface area contributed by atoms with Gasteiger partial charge in [-0.15, -0.1) is 0 Å². The summed E-state index contributed by atoms with van der Waals surface area (Å²) in [4.78, 5) is 24.1. The third kappa shape index (κ3) is 4.34. The summed E-state index contributed by atoms with van der Waals surface area (Å²) >= 11 is 0. The molecular weight excluding hydrogens is 416 g/mol. The first-order valence-corrected chi connectivity index (χ1v) is 11.8. The number of carboxylic acid groups (broad SMARTS) is 1. The average molecular weight is 447 g/mol. The Bertz CT molecular complexity index is 1050. The van der Waals surface area contributed by atoms with Crippen LogP contribution >= 0.6 is 0 Å². The number of benzene rings is 2. The van der Waals surface area contributed by atoms with E-state index in [0.29, 0.717) is 5.56 Å². The maximum Gasteiger partial charge on any atom is 0.335 e. The molecule has 6 rings (SSSR count). The van der Waals surface area contributed by atoms with Gasteiger partial charge in [0.25, 0.3) is 0 Å². The maximum absolute atomic E-state index is 13.1. The lowest BCUT2D eigenvalue weighted by molar-refractivity contribution is -0.00884. The minimum Gasteiger partial charge on any atom is -0.478 e. The van der Waals surface area contributed by atoms with Gasteiger partial charge in [-0.3, -0.25) is 4.79 Å². The third-order valence-electron chi connectivity index (χ3n) is 7.79. The fourth-order valence-electron chi connectivity index (χ4n) is 6.79. The third-order valence-corrected chi connectivity index (χ3v) is 7.79. The Labute approximate surface area is 194 Å². The number of ketones is 1. The van der Waals surface area contributed by atoms with E-state index < -0.39 is 5.97 Å². The van der Waals surface area contributed by atoms with Crippen molar-refractivity contribution < 1.29 is 24.2 Å². The van der Waals surface area contributed by atoms with E-state index in [1.54, 1.807) is 43.5 Å². The number of aromatic carboxylic acids is 1. The fraction of sp³-hybridized carbons (Fsp3) is 0.429. The molecule has 4 aliphatic rings. The molecule has 4 aliphatic carbocycles. The number of carbonyl (C=O) groups is 2. The molecule has 2 aromatic carbocycles. The molecule has 0 spiro atoms. The summed E-state index contributed by atoms with van der Waals surface area (Å²) in [5.41, 5.74) is 2.94. The molecule has 0 atom stereocenters. The lowest BCUT2D eigenvalue weighted by Gasteiger charge is -2.57. The Morgan fingerprint density at radius 1 is 0.970 bits per heavy atom. The summed E-state index contributed by atoms with van der Waals surface area (Å²) in [5, 5.41) is 9.04. The molecule has 0 heterocycles. The Hall–Kier alpha value is -2.92. The molecule has 4 fully saturated rings. The van der Waals surface area contributed by atoms with Crippen molar-refractivity contribution in [3.8, 4) is 5.75 Å². The van der Waals surface area contributed by atoms with E-state index in [1.807, 2.05) is 12.1 Å². The topological polar surface area (TPSA) is 72.8 Å². The van der Waals surface area contributed by atoms with Crippen LogP contribution in [0, 0.1) is 17.8 Å². The Balaban J connectivity index is 1.43. The normalized spacial score (nSPS) is 27.7. The number of hydrogen-bond acceptors (Lipinski definition) is 4. The predicted octanol–water partition coefficient (Wildman–Crippen LogP) is 5.73. The quantitative estimate of drug-likeness (QED) is 0.318. The van der Waals surface area contributed by atoms with E-state index in [4.69, 9.17) is 14.6 Å². The van der Waals surface area contributed by atoms with Crippen molar-refractivity contribution in [2.45, 2.75) is 43.9 Å². The Kier molecular flexibility index (Phi) is 5.83. The zero-order valence-corrected chi connectivity index (χ0v) is 19.0. The summed E-state index contributed by atoms with van der Waals surface area (Å²) in [7, 11) is 1.62. The zero-order chi connectivity index (χ0) is 23.0. The highest BCUT2D eigenvalue weighted by Crippen LogP contribution is 2.62. The smallest absolute Gasteiger partial charge is 0.335 e. The molecule has 0 unspecified atom stereocenters. The molecular formula is C28H30O5. The van der Waals surface area contributed by atoms with Gasteiger partial charge in [0, 0.05) is 18.2 Å². The number of carbonyl (C=O) groups excluding carboxylic acids is 1. The van der Waals surface area contributed by atoms with Crippen LogP contribution in [0.5, 0.6) is 5.75 Å². The number of ether oxygens (including phenoxy) is 2. The van der Waals surface area contributed by atoms with Crippen molar-refractivity contribution in [2.75, 3.05) is 13.9 Å². The zero-order valence-electron chi connectivity index (χ0n) is 19.0. The summed E-state index contributed by atoms with van der Waals surface area (Å²) in [5.74, 6) is 2.18. The predicted molar refractivity (Wildman–Crippen MR) is 126 cm³/mol. The maximum atomic E-state index is 13.1. The Morgan fingerprint density at radius 2 is 1.58 bits per heavy atom. The van der Waals surface area contributed by atoms with Crippen molar-refractivity contribution >= 4 is 17.8 Å². The highest BCUT2D eigenvalue weighted by molar-refractivity contribution is 6.07. The highest BCUT2D eigenvalue weighted by Gasteiger charge is 2.52. The lowest BCUT2D eigenvalue weighted by Crippen LogP contribution is -2.48. The highest BCUT2D eigenvalue weighted by atomic mass is 16.7. The molecule has 0 amide bonds. The van der Waals surface area contributed by atoms with Gasteiger partial charge in [-0.1, -0.05) is 18.2 Å². The molecule has 0 aromatic heterocycles. The number of hydrogen-bond donors (Lipinski definition) is 1. The first-order valence-electron chi connectivity index (χ1n) is 11.8. The van der Waals surface area contributed by atoms with Gasteiger partial charge in [-0.25, -0.2) is 4.79 Å². The van der Waals surface area contributed by atoms with Gasteiger partial charge in [0.1, 0.15) is 5.75 Å². The van der Waals surface area contributed by atoms with E-state index in [9.17, 15) is 9.59 Å². The molecule has 2 aromatic rings. The van der Waals surface area contributed by atoms with Crippen LogP contribution in [0.4, 0.5) is 0 Å².